The van der Waals surface area contributed by atoms with Crippen molar-refractivity contribution >= 4 is 39.4 Å². The molecule has 2 aliphatic heterocycles. The fraction of sp³-hybridized carbons (Fsp3) is 0.474. The van der Waals surface area contributed by atoms with Crippen LogP contribution < -0.4 is 0 Å². The molecule has 2 fully saturated rings. The van der Waals surface area contributed by atoms with Crippen molar-refractivity contribution in [3.63, 3.8) is 0 Å². The Kier molecular flexibility index (Phi) is 4.92. The van der Waals surface area contributed by atoms with E-state index < -0.39 is 17.8 Å². The standard InChI is InChI=1S/C19H22N4O3S/c1-2-10-22-17(24)18(25)23(19(22)26)12-21-11-6-5-8-14(21)16-20-13-7-3-4-9-15(13)27-16/h3-4,7,9,14H,2,5-6,8,10-12H2,1H3/t14-/m0/s1. The maximum absolute atomic E-state index is 12.5. The Labute approximate surface area is 161 Å². The number of hydrogen-bond acceptors (Lipinski definition) is 6. The number of amides is 4. The summed E-state index contributed by atoms with van der Waals surface area (Å²) in [5.74, 6) is -1.43. The normalized spacial score (nSPS) is 21.7. The van der Waals surface area contributed by atoms with E-state index in [0.717, 1.165) is 50.8 Å². The molecule has 27 heavy (non-hydrogen) atoms. The second-order valence-electron chi connectivity index (χ2n) is 6.96. The third-order valence-corrected chi connectivity index (χ3v) is 6.25. The molecule has 3 heterocycles. The van der Waals surface area contributed by atoms with E-state index in [1.54, 1.807) is 11.3 Å². The first-order valence-electron chi connectivity index (χ1n) is 9.37. The number of carbonyl (C=O) groups is 3. The molecule has 142 valence electrons. The Hall–Kier alpha value is -2.32. The van der Waals surface area contributed by atoms with E-state index in [4.69, 9.17) is 4.98 Å². The number of aromatic nitrogens is 1. The first-order valence-corrected chi connectivity index (χ1v) is 10.2. The molecule has 2 aliphatic rings. The van der Waals surface area contributed by atoms with Crippen LogP contribution in [-0.4, -0.2) is 57.3 Å². The zero-order valence-electron chi connectivity index (χ0n) is 15.3. The van der Waals surface area contributed by atoms with Crippen LogP contribution in [0.1, 0.15) is 43.7 Å². The molecule has 7 nitrogen and oxygen atoms in total. The van der Waals surface area contributed by atoms with E-state index in [0.29, 0.717) is 6.42 Å². The summed E-state index contributed by atoms with van der Waals surface area (Å²) in [7, 11) is 0. The summed E-state index contributed by atoms with van der Waals surface area (Å²) >= 11 is 1.66. The number of nitrogens with zero attached hydrogens (tertiary/aromatic N) is 4. The van der Waals surface area contributed by atoms with E-state index in [9.17, 15) is 14.4 Å². The van der Waals surface area contributed by atoms with Gasteiger partial charge in [-0.25, -0.2) is 14.7 Å². The molecule has 0 unspecified atom stereocenters. The van der Waals surface area contributed by atoms with Crippen molar-refractivity contribution in [2.45, 2.75) is 38.6 Å². The van der Waals surface area contributed by atoms with Crippen LogP contribution in [0.25, 0.3) is 10.2 Å². The van der Waals surface area contributed by atoms with Gasteiger partial charge in [0.2, 0.25) is 0 Å². The van der Waals surface area contributed by atoms with E-state index in [2.05, 4.69) is 11.0 Å². The van der Waals surface area contributed by atoms with Gasteiger partial charge in [-0.1, -0.05) is 25.5 Å². The zero-order valence-corrected chi connectivity index (χ0v) is 16.1. The Bertz CT molecular complexity index is 863. The van der Waals surface area contributed by atoms with Gasteiger partial charge in [-0.05, 0) is 31.4 Å². The molecular formula is C19H22N4O3S. The van der Waals surface area contributed by atoms with Crippen LogP contribution in [0.3, 0.4) is 0 Å². The van der Waals surface area contributed by atoms with E-state index in [-0.39, 0.29) is 19.3 Å². The number of fused-ring (bicyclic) bond motifs is 1. The molecule has 4 rings (SSSR count). The number of piperidine rings is 1. The average Bonchev–Trinajstić information content (AvgIpc) is 3.20. The predicted molar refractivity (Wildman–Crippen MR) is 102 cm³/mol. The molecule has 8 heteroatoms. The van der Waals surface area contributed by atoms with Gasteiger partial charge < -0.3 is 0 Å². The van der Waals surface area contributed by atoms with Crippen LogP contribution >= 0.6 is 11.3 Å². The van der Waals surface area contributed by atoms with Crippen molar-refractivity contribution in [1.82, 2.24) is 19.7 Å². The molecule has 2 aromatic rings. The highest BCUT2D eigenvalue weighted by Crippen LogP contribution is 2.36. The number of thiazole rings is 1. The lowest BCUT2D eigenvalue weighted by Gasteiger charge is -2.36. The second-order valence-corrected chi connectivity index (χ2v) is 8.02. The summed E-state index contributed by atoms with van der Waals surface area (Å²) in [6.45, 7) is 3.08. The number of rotatable bonds is 5. The third kappa shape index (κ3) is 3.23. The van der Waals surface area contributed by atoms with E-state index in [1.807, 2.05) is 25.1 Å². The molecule has 0 spiro atoms. The zero-order chi connectivity index (χ0) is 19.0. The molecule has 0 aliphatic carbocycles. The second kappa shape index (κ2) is 7.36. The minimum absolute atomic E-state index is 0.0621. The smallest absolute Gasteiger partial charge is 0.276 e. The van der Waals surface area contributed by atoms with Crippen molar-refractivity contribution in [2.75, 3.05) is 19.8 Å². The third-order valence-electron chi connectivity index (χ3n) is 5.11. The number of likely N-dealkylation sites (tertiary alicyclic amines) is 1. The van der Waals surface area contributed by atoms with Crippen molar-refractivity contribution < 1.29 is 14.4 Å². The summed E-state index contributed by atoms with van der Waals surface area (Å²) in [5.41, 5.74) is 0.973. The minimum Gasteiger partial charge on any atom is -0.276 e. The highest BCUT2D eigenvalue weighted by atomic mass is 32.1. The average molecular weight is 386 g/mol. The molecule has 0 bridgehead atoms. The molecule has 4 amide bonds. The lowest BCUT2D eigenvalue weighted by atomic mass is 10.0. The highest BCUT2D eigenvalue weighted by molar-refractivity contribution is 7.18. The van der Waals surface area contributed by atoms with Gasteiger partial charge >= 0.3 is 17.8 Å². The fourth-order valence-corrected chi connectivity index (χ4v) is 4.89. The van der Waals surface area contributed by atoms with Gasteiger partial charge in [-0.2, -0.15) is 0 Å². The van der Waals surface area contributed by atoms with Gasteiger partial charge in [0.25, 0.3) is 0 Å². The Morgan fingerprint density at radius 1 is 1.11 bits per heavy atom. The molecule has 1 aromatic heterocycles. The summed E-state index contributed by atoms with van der Waals surface area (Å²) in [6, 6.07) is 7.58. The number of carbonyl (C=O) groups excluding carboxylic acids is 3. The molecule has 0 radical (unpaired) electrons. The maximum Gasteiger partial charge on any atom is 0.335 e. The fourth-order valence-electron chi connectivity index (χ4n) is 3.75. The summed E-state index contributed by atoms with van der Waals surface area (Å²) < 4.78 is 1.13. The van der Waals surface area contributed by atoms with Crippen molar-refractivity contribution in [3.8, 4) is 0 Å². The SMILES string of the molecule is CCCN1C(=O)C(=O)N(CN2CCCC[C@H]2c2nc3ccccc3s2)C1=O. The molecule has 0 N–H and O–H groups in total. The van der Waals surface area contributed by atoms with Gasteiger partial charge in [0.15, 0.2) is 0 Å². The van der Waals surface area contributed by atoms with Gasteiger partial charge in [0.1, 0.15) is 5.01 Å². The maximum atomic E-state index is 12.5. The van der Waals surface area contributed by atoms with Crippen LogP contribution in [0.4, 0.5) is 4.79 Å². The first-order chi connectivity index (χ1) is 13.1. The van der Waals surface area contributed by atoms with Crippen molar-refractivity contribution in [3.05, 3.63) is 29.3 Å². The Balaban J connectivity index is 1.57. The molecular weight excluding hydrogens is 364 g/mol. The Morgan fingerprint density at radius 2 is 1.89 bits per heavy atom. The Morgan fingerprint density at radius 3 is 2.67 bits per heavy atom. The van der Waals surface area contributed by atoms with Gasteiger partial charge in [-0.3, -0.25) is 19.4 Å². The molecule has 1 atom stereocenters. The number of urea groups is 1. The van der Waals surface area contributed by atoms with Crippen molar-refractivity contribution in [1.29, 1.82) is 0 Å². The quantitative estimate of drug-likeness (QED) is 0.583. The monoisotopic (exact) mass is 386 g/mol. The van der Waals surface area contributed by atoms with Gasteiger partial charge in [0.05, 0.1) is 22.9 Å². The number of para-hydroxylation sites is 1. The minimum atomic E-state index is -0.720. The molecule has 2 saturated heterocycles. The van der Waals surface area contributed by atoms with E-state index in [1.165, 1.54) is 0 Å². The molecule has 1 aromatic carbocycles. The van der Waals surface area contributed by atoms with Crippen LogP contribution in [-0.2, 0) is 9.59 Å². The topological polar surface area (TPSA) is 73.8 Å². The summed E-state index contributed by atoms with van der Waals surface area (Å²) in [5, 5.41) is 1.01. The van der Waals surface area contributed by atoms with E-state index >= 15 is 0 Å². The van der Waals surface area contributed by atoms with Crippen LogP contribution in [0, 0.1) is 0 Å². The number of hydrogen-bond donors (Lipinski definition) is 0. The number of imide groups is 2. The molecule has 0 saturated carbocycles. The predicted octanol–water partition coefficient (Wildman–Crippen LogP) is 2.98. The lowest BCUT2D eigenvalue weighted by molar-refractivity contribution is -0.144. The number of benzene rings is 1. The van der Waals surface area contributed by atoms with Gasteiger partial charge in [0, 0.05) is 13.1 Å². The summed E-state index contributed by atoms with van der Waals surface area (Å²) in [6.07, 6.45) is 3.66. The summed E-state index contributed by atoms with van der Waals surface area (Å²) in [4.78, 5) is 46.0. The van der Waals surface area contributed by atoms with Crippen molar-refractivity contribution in [2.24, 2.45) is 0 Å². The largest absolute Gasteiger partial charge is 0.335 e. The lowest BCUT2D eigenvalue weighted by Crippen LogP contribution is -2.45. The van der Waals surface area contributed by atoms with Crippen LogP contribution in [0.15, 0.2) is 24.3 Å². The van der Waals surface area contributed by atoms with Gasteiger partial charge in [-0.15, -0.1) is 11.3 Å². The first kappa shape index (κ1) is 18.1. The van der Waals surface area contributed by atoms with Crippen LogP contribution in [0.2, 0.25) is 0 Å². The highest BCUT2D eigenvalue weighted by Gasteiger charge is 2.45. The van der Waals surface area contributed by atoms with Crippen LogP contribution in [0.5, 0.6) is 0 Å².